The number of benzene rings is 8. The zero-order valence-electron chi connectivity index (χ0n) is 28.7. The van der Waals surface area contributed by atoms with Crippen molar-refractivity contribution in [3.05, 3.63) is 198 Å². The third-order valence-electron chi connectivity index (χ3n) is 11.9. The zero-order valence-corrected chi connectivity index (χ0v) is 28.7. The molecule has 2 aliphatic rings. The van der Waals surface area contributed by atoms with Gasteiger partial charge in [-0.1, -0.05) is 153 Å². The monoisotopic (exact) mass is 649 g/mol. The first-order valence-electron chi connectivity index (χ1n) is 18.1. The summed E-state index contributed by atoms with van der Waals surface area (Å²) in [6.45, 7) is 4.74. The van der Waals surface area contributed by atoms with Gasteiger partial charge in [0, 0.05) is 33.4 Å². The Kier molecular flexibility index (Phi) is 5.85. The van der Waals surface area contributed by atoms with Crippen LogP contribution in [0.4, 0.5) is 0 Å². The van der Waals surface area contributed by atoms with E-state index in [1.54, 1.807) is 0 Å². The number of hydrogen-bond donors (Lipinski definition) is 0. The smallest absolute Gasteiger partial charge is 0.0622 e. The highest BCUT2D eigenvalue weighted by Crippen LogP contribution is 2.54. The summed E-state index contributed by atoms with van der Waals surface area (Å²) in [6, 6.07) is 63.5. The molecule has 1 nitrogen and oxygen atoms in total. The van der Waals surface area contributed by atoms with Crippen molar-refractivity contribution in [1.82, 2.24) is 4.57 Å². The minimum absolute atomic E-state index is 0.0617. The summed E-state index contributed by atoms with van der Waals surface area (Å²) < 4.78 is 2.50. The SMILES string of the molecule is CC1(C)c2ccccc2-c2c1ccc1c3cc(-c4ccc5c(c4)-c4ccccc4C5c4cccc5ccccc45)ccc3n(-c3ccccc3)c21. The Morgan fingerprint density at radius 3 is 2.04 bits per heavy atom. The summed E-state index contributed by atoms with van der Waals surface area (Å²) >= 11 is 0. The Hall–Kier alpha value is -6.18. The van der Waals surface area contributed by atoms with Gasteiger partial charge in [-0.25, -0.2) is 0 Å². The molecule has 51 heavy (non-hydrogen) atoms. The first-order valence-corrected chi connectivity index (χ1v) is 18.1. The van der Waals surface area contributed by atoms with Crippen LogP contribution in [0.1, 0.15) is 47.6 Å². The molecule has 2 aliphatic carbocycles. The Balaban J connectivity index is 1.13. The number of fused-ring (bicyclic) bond motifs is 11. The molecule has 240 valence electrons. The van der Waals surface area contributed by atoms with Crippen LogP contribution in [0.2, 0.25) is 0 Å². The number of aromatic nitrogens is 1. The molecule has 0 saturated heterocycles. The standard InChI is InChI=1S/C50H35N/c1-50(2)44-22-11-10-20-41(44)48-45(50)27-26-40-43-30-33(24-28-46(43)51(49(40)48)34-15-4-3-5-16-34)32-23-25-39-42(29-32)36-18-8-9-19-38(36)47(39)37-21-12-14-31-13-6-7-17-35(31)37/h3-30,47H,1-2H3. The summed E-state index contributed by atoms with van der Waals surface area (Å²) in [5.74, 6) is 0.205. The van der Waals surface area contributed by atoms with Gasteiger partial charge in [-0.3, -0.25) is 0 Å². The second-order valence-electron chi connectivity index (χ2n) is 14.8. The molecular weight excluding hydrogens is 615 g/mol. The van der Waals surface area contributed by atoms with Crippen LogP contribution >= 0.6 is 0 Å². The van der Waals surface area contributed by atoms with Gasteiger partial charge in [0.05, 0.1) is 11.0 Å². The van der Waals surface area contributed by atoms with Crippen LogP contribution < -0.4 is 0 Å². The molecule has 9 aromatic rings. The maximum atomic E-state index is 2.50. The van der Waals surface area contributed by atoms with Gasteiger partial charge in [-0.2, -0.15) is 0 Å². The highest BCUT2D eigenvalue weighted by molar-refractivity contribution is 6.16. The highest BCUT2D eigenvalue weighted by Gasteiger charge is 2.37. The molecule has 0 fully saturated rings. The quantitative estimate of drug-likeness (QED) is 0.179. The Labute approximate surface area is 298 Å². The van der Waals surface area contributed by atoms with Gasteiger partial charge in [-0.15, -0.1) is 0 Å². The van der Waals surface area contributed by atoms with Crippen molar-refractivity contribution in [2.45, 2.75) is 25.2 Å². The minimum Gasteiger partial charge on any atom is -0.309 e. The van der Waals surface area contributed by atoms with Gasteiger partial charge >= 0.3 is 0 Å². The van der Waals surface area contributed by atoms with Crippen LogP contribution in [-0.2, 0) is 5.41 Å². The van der Waals surface area contributed by atoms with Crippen LogP contribution in [0.25, 0.3) is 71.6 Å². The fourth-order valence-corrected chi connectivity index (χ4v) is 9.54. The summed E-state index contributed by atoms with van der Waals surface area (Å²) in [7, 11) is 0. The molecular formula is C50H35N. The van der Waals surface area contributed by atoms with Crippen LogP contribution in [0.3, 0.4) is 0 Å². The molecule has 0 N–H and O–H groups in total. The first-order chi connectivity index (χ1) is 25.1. The summed E-state index contributed by atoms with van der Waals surface area (Å²) in [4.78, 5) is 0. The maximum Gasteiger partial charge on any atom is 0.0622 e. The third kappa shape index (κ3) is 3.92. The maximum absolute atomic E-state index is 2.50. The van der Waals surface area contributed by atoms with E-state index >= 15 is 0 Å². The van der Waals surface area contributed by atoms with Gasteiger partial charge in [0.15, 0.2) is 0 Å². The van der Waals surface area contributed by atoms with Crippen LogP contribution in [0.5, 0.6) is 0 Å². The van der Waals surface area contributed by atoms with Gasteiger partial charge in [0.1, 0.15) is 0 Å². The van der Waals surface area contributed by atoms with Crippen molar-refractivity contribution >= 4 is 32.6 Å². The lowest BCUT2D eigenvalue weighted by atomic mass is 9.82. The average Bonchev–Trinajstić information content (AvgIpc) is 3.77. The number of hydrogen-bond acceptors (Lipinski definition) is 0. The van der Waals surface area contributed by atoms with E-state index in [2.05, 4.69) is 188 Å². The fourth-order valence-electron chi connectivity index (χ4n) is 9.54. The van der Waals surface area contributed by atoms with Gasteiger partial charge in [0.25, 0.3) is 0 Å². The van der Waals surface area contributed by atoms with E-state index in [0.29, 0.717) is 0 Å². The average molecular weight is 650 g/mol. The number of rotatable bonds is 3. The molecule has 1 heteroatoms. The Bertz CT molecular complexity index is 2880. The van der Waals surface area contributed by atoms with E-state index in [0.717, 1.165) is 0 Å². The molecule has 0 radical (unpaired) electrons. The van der Waals surface area contributed by atoms with Crippen LogP contribution in [0, 0.1) is 0 Å². The van der Waals surface area contributed by atoms with E-state index in [9.17, 15) is 0 Å². The number of para-hydroxylation sites is 1. The van der Waals surface area contributed by atoms with Crippen LogP contribution in [-0.4, -0.2) is 4.57 Å². The highest BCUT2D eigenvalue weighted by atomic mass is 15.0. The molecule has 11 rings (SSSR count). The zero-order chi connectivity index (χ0) is 33.8. The first kappa shape index (κ1) is 28.6. The number of nitrogens with zero attached hydrogens (tertiary/aromatic N) is 1. The van der Waals surface area contributed by atoms with Crippen molar-refractivity contribution in [3.63, 3.8) is 0 Å². The van der Waals surface area contributed by atoms with E-state index in [1.807, 2.05) is 0 Å². The summed E-state index contributed by atoms with van der Waals surface area (Å²) in [5, 5.41) is 5.20. The molecule has 0 saturated carbocycles. The molecule has 0 aliphatic heterocycles. The third-order valence-corrected chi connectivity index (χ3v) is 11.9. The second-order valence-corrected chi connectivity index (χ2v) is 14.8. The minimum atomic E-state index is -0.0617. The van der Waals surface area contributed by atoms with Gasteiger partial charge in [0.2, 0.25) is 0 Å². The van der Waals surface area contributed by atoms with E-state index in [-0.39, 0.29) is 11.3 Å². The molecule has 0 amide bonds. The van der Waals surface area contributed by atoms with Crippen LogP contribution in [0.15, 0.2) is 170 Å². The Morgan fingerprint density at radius 2 is 1.14 bits per heavy atom. The second kappa shape index (κ2) is 10.4. The molecule has 1 unspecified atom stereocenters. The molecule has 1 aromatic heterocycles. The van der Waals surface area contributed by atoms with E-state index in [4.69, 9.17) is 0 Å². The van der Waals surface area contributed by atoms with Crippen molar-refractivity contribution in [3.8, 4) is 39.1 Å². The van der Waals surface area contributed by atoms with Crippen molar-refractivity contribution < 1.29 is 0 Å². The molecule has 8 aromatic carbocycles. The summed E-state index contributed by atoms with van der Waals surface area (Å²) in [6.07, 6.45) is 0. The molecule has 0 bridgehead atoms. The lowest BCUT2D eigenvalue weighted by Crippen LogP contribution is -2.14. The Morgan fingerprint density at radius 1 is 0.451 bits per heavy atom. The molecule has 1 heterocycles. The lowest BCUT2D eigenvalue weighted by molar-refractivity contribution is 0.661. The van der Waals surface area contributed by atoms with Crippen molar-refractivity contribution in [2.24, 2.45) is 0 Å². The summed E-state index contributed by atoms with van der Waals surface area (Å²) in [5.41, 5.74) is 18.5. The lowest BCUT2D eigenvalue weighted by Gasteiger charge is -2.21. The van der Waals surface area contributed by atoms with Crippen molar-refractivity contribution in [1.29, 1.82) is 0 Å². The predicted molar refractivity (Wildman–Crippen MR) is 214 cm³/mol. The predicted octanol–water partition coefficient (Wildman–Crippen LogP) is 13.1. The topological polar surface area (TPSA) is 4.93 Å². The van der Waals surface area contributed by atoms with E-state index in [1.165, 1.54) is 99.5 Å². The van der Waals surface area contributed by atoms with Gasteiger partial charge in [-0.05, 0) is 96.7 Å². The fraction of sp³-hybridized carbons (Fsp3) is 0.0800. The van der Waals surface area contributed by atoms with E-state index < -0.39 is 0 Å². The normalized spacial score (nSPS) is 15.2. The molecule has 1 atom stereocenters. The van der Waals surface area contributed by atoms with Gasteiger partial charge < -0.3 is 4.57 Å². The van der Waals surface area contributed by atoms with Crippen molar-refractivity contribution in [2.75, 3.05) is 0 Å². The molecule has 0 spiro atoms. The largest absolute Gasteiger partial charge is 0.309 e.